The van der Waals surface area contributed by atoms with E-state index in [4.69, 9.17) is 0 Å². The molecule has 3 heteroatoms. The monoisotopic (exact) mass is 288 g/mol. The SMILES string of the molecule is CC(CC(=O)NCCC1CNc2ccccc21)C(C)(C)C. The van der Waals surface area contributed by atoms with E-state index in [-0.39, 0.29) is 11.3 Å². The second-order valence-electron chi connectivity index (χ2n) is 7.27. The van der Waals surface area contributed by atoms with Crippen molar-refractivity contribution >= 4 is 11.6 Å². The van der Waals surface area contributed by atoms with Crippen molar-refractivity contribution in [1.82, 2.24) is 5.32 Å². The number of fused-ring (bicyclic) bond motifs is 1. The van der Waals surface area contributed by atoms with E-state index in [0.717, 1.165) is 19.5 Å². The molecule has 1 aliphatic heterocycles. The number of carbonyl (C=O) groups excluding carboxylic acids is 1. The van der Waals surface area contributed by atoms with E-state index in [9.17, 15) is 4.79 Å². The molecule has 2 N–H and O–H groups in total. The number of anilines is 1. The summed E-state index contributed by atoms with van der Waals surface area (Å²) in [5, 5.41) is 6.50. The van der Waals surface area contributed by atoms with Gasteiger partial charge in [-0.05, 0) is 29.4 Å². The van der Waals surface area contributed by atoms with Gasteiger partial charge in [0.15, 0.2) is 0 Å². The predicted molar refractivity (Wildman–Crippen MR) is 88.5 cm³/mol. The highest BCUT2D eigenvalue weighted by atomic mass is 16.1. The number of rotatable bonds is 5. The number of carbonyl (C=O) groups is 1. The van der Waals surface area contributed by atoms with Crippen LogP contribution >= 0.6 is 0 Å². The summed E-state index contributed by atoms with van der Waals surface area (Å²) in [6.07, 6.45) is 1.61. The smallest absolute Gasteiger partial charge is 0.220 e. The number of benzene rings is 1. The highest BCUT2D eigenvalue weighted by Gasteiger charge is 2.23. The van der Waals surface area contributed by atoms with Crippen LogP contribution in [0.4, 0.5) is 5.69 Å². The second-order valence-corrected chi connectivity index (χ2v) is 7.27. The summed E-state index contributed by atoms with van der Waals surface area (Å²) in [5.74, 6) is 1.09. The Morgan fingerprint density at radius 2 is 2.10 bits per heavy atom. The van der Waals surface area contributed by atoms with Gasteiger partial charge in [0.1, 0.15) is 0 Å². The van der Waals surface area contributed by atoms with Crippen LogP contribution in [-0.4, -0.2) is 19.0 Å². The van der Waals surface area contributed by atoms with Gasteiger partial charge in [-0.2, -0.15) is 0 Å². The molecule has 2 atom stereocenters. The number of nitrogens with one attached hydrogen (secondary N) is 2. The molecule has 0 spiro atoms. The van der Waals surface area contributed by atoms with Gasteiger partial charge in [-0.3, -0.25) is 4.79 Å². The van der Waals surface area contributed by atoms with Crippen LogP contribution in [0.25, 0.3) is 0 Å². The Bertz CT molecular complexity index is 490. The summed E-state index contributed by atoms with van der Waals surface area (Å²) in [7, 11) is 0. The lowest BCUT2D eigenvalue weighted by molar-refractivity contribution is -0.122. The maximum absolute atomic E-state index is 12.0. The molecule has 0 bridgehead atoms. The van der Waals surface area contributed by atoms with Gasteiger partial charge in [0.25, 0.3) is 0 Å². The maximum atomic E-state index is 12.0. The minimum atomic E-state index is 0.177. The molecule has 2 unspecified atom stereocenters. The molecular weight excluding hydrogens is 260 g/mol. The van der Waals surface area contributed by atoms with Crippen LogP contribution in [0, 0.1) is 11.3 Å². The molecule has 0 saturated heterocycles. The van der Waals surface area contributed by atoms with Gasteiger partial charge >= 0.3 is 0 Å². The Morgan fingerprint density at radius 3 is 2.81 bits per heavy atom. The van der Waals surface area contributed by atoms with Gasteiger partial charge in [0, 0.05) is 31.1 Å². The first kappa shape index (κ1) is 15.9. The first-order valence-electron chi connectivity index (χ1n) is 7.97. The molecule has 0 saturated carbocycles. The molecule has 2 rings (SSSR count). The van der Waals surface area contributed by atoms with Crippen LogP contribution in [0.1, 0.15) is 52.0 Å². The number of amides is 1. The van der Waals surface area contributed by atoms with E-state index >= 15 is 0 Å². The van der Waals surface area contributed by atoms with Gasteiger partial charge in [0.05, 0.1) is 0 Å². The molecule has 1 aromatic rings. The molecule has 0 fully saturated rings. The topological polar surface area (TPSA) is 41.1 Å². The standard InChI is InChI=1S/C18H28N2O/c1-13(18(2,3)4)11-17(21)19-10-9-14-12-20-16-8-6-5-7-15(14)16/h5-8,13-14,20H,9-12H2,1-4H3,(H,19,21). The van der Waals surface area contributed by atoms with Crippen molar-refractivity contribution < 1.29 is 4.79 Å². The lowest BCUT2D eigenvalue weighted by Crippen LogP contribution is -2.30. The van der Waals surface area contributed by atoms with E-state index in [2.05, 4.69) is 62.6 Å². The van der Waals surface area contributed by atoms with Gasteiger partial charge < -0.3 is 10.6 Å². The molecule has 0 aromatic heterocycles. The van der Waals surface area contributed by atoms with Crippen LogP contribution in [0.5, 0.6) is 0 Å². The Labute approximate surface area is 128 Å². The Hall–Kier alpha value is -1.51. The van der Waals surface area contributed by atoms with E-state index < -0.39 is 0 Å². The average Bonchev–Trinajstić information content (AvgIpc) is 2.81. The van der Waals surface area contributed by atoms with Crippen molar-refractivity contribution in [3.8, 4) is 0 Å². The fourth-order valence-electron chi connectivity index (χ4n) is 2.66. The molecule has 0 radical (unpaired) electrons. The lowest BCUT2D eigenvalue weighted by Gasteiger charge is -2.26. The van der Waals surface area contributed by atoms with Gasteiger partial charge in [-0.15, -0.1) is 0 Å². The van der Waals surface area contributed by atoms with Crippen molar-refractivity contribution in [2.24, 2.45) is 11.3 Å². The summed E-state index contributed by atoms with van der Waals surface area (Å²) < 4.78 is 0. The molecule has 1 aliphatic rings. The predicted octanol–water partition coefficient (Wildman–Crippen LogP) is 3.77. The van der Waals surface area contributed by atoms with Gasteiger partial charge in [-0.1, -0.05) is 45.9 Å². The van der Waals surface area contributed by atoms with Gasteiger partial charge in [-0.25, -0.2) is 0 Å². The Kier molecular flexibility index (Phi) is 4.92. The molecule has 1 aromatic carbocycles. The molecule has 3 nitrogen and oxygen atoms in total. The second kappa shape index (κ2) is 6.50. The number of hydrogen-bond donors (Lipinski definition) is 2. The summed E-state index contributed by atoms with van der Waals surface area (Å²) in [4.78, 5) is 12.0. The molecule has 0 aliphatic carbocycles. The third-order valence-electron chi connectivity index (χ3n) is 4.72. The third kappa shape index (κ3) is 4.23. The minimum absolute atomic E-state index is 0.177. The van der Waals surface area contributed by atoms with Crippen molar-refractivity contribution in [2.75, 3.05) is 18.4 Å². The first-order chi connectivity index (χ1) is 9.88. The largest absolute Gasteiger partial charge is 0.384 e. The quantitative estimate of drug-likeness (QED) is 0.866. The van der Waals surface area contributed by atoms with E-state index in [0.29, 0.717) is 18.3 Å². The number of para-hydroxylation sites is 1. The van der Waals surface area contributed by atoms with E-state index in [1.807, 2.05) is 0 Å². The first-order valence-corrected chi connectivity index (χ1v) is 7.97. The van der Waals surface area contributed by atoms with E-state index in [1.54, 1.807) is 0 Å². The molecule has 21 heavy (non-hydrogen) atoms. The van der Waals surface area contributed by atoms with Crippen LogP contribution in [0.3, 0.4) is 0 Å². The lowest BCUT2D eigenvalue weighted by atomic mass is 9.80. The highest BCUT2D eigenvalue weighted by molar-refractivity contribution is 5.76. The minimum Gasteiger partial charge on any atom is -0.384 e. The fraction of sp³-hybridized carbons (Fsp3) is 0.611. The summed E-state index contributed by atoms with van der Waals surface area (Å²) in [6.45, 7) is 10.4. The van der Waals surface area contributed by atoms with Crippen molar-refractivity contribution in [3.05, 3.63) is 29.8 Å². The van der Waals surface area contributed by atoms with E-state index in [1.165, 1.54) is 11.3 Å². The number of hydrogen-bond acceptors (Lipinski definition) is 2. The maximum Gasteiger partial charge on any atom is 0.220 e. The molecule has 1 amide bonds. The zero-order valence-electron chi connectivity index (χ0n) is 13.7. The van der Waals surface area contributed by atoms with Crippen LogP contribution in [0.15, 0.2) is 24.3 Å². The van der Waals surface area contributed by atoms with Crippen molar-refractivity contribution in [3.63, 3.8) is 0 Å². The Morgan fingerprint density at radius 1 is 1.38 bits per heavy atom. The van der Waals surface area contributed by atoms with Crippen molar-refractivity contribution in [1.29, 1.82) is 0 Å². The molecule has 1 heterocycles. The van der Waals surface area contributed by atoms with Crippen LogP contribution in [0.2, 0.25) is 0 Å². The van der Waals surface area contributed by atoms with Gasteiger partial charge in [0.2, 0.25) is 5.91 Å². The highest BCUT2D eigenvalue weighted by Crippen LogP contribution is 2.33. The Balaban J connectivity index is 1.74. The summed E-state index contributed by atoms with van der Waals surface area (Å²) in [6, 6.07) is 8.45. The normalized spacial score (nSPS) is 18.8. The zero-order valence-corrected chi connectivity index (χ0v) is 13.7. The fourth-order valence-corrected chi connectivity index (χ4v) is 2.66. The summed E-state index contributed by atoms with van der Waals surface area (Å²) in [5.41, 5.74) is 2.82. The zero-order chi connectivity index (χ0) is 15.5. The van der Waals surface area contributed by atoms with Crippen LogP contribution in [-0.2, 0) is 4.79 Å². The summed E-state index contributed by atoms with van der Waals surface area (Å²) >= 11 is 0. The molecule has 116 valence electrons. The average molecular weight is 288 g/mol. The van der Waals surface area contributed by atoms with Crippen LogP contribution < -0.4 is 10.6 Å². The molecular formula is C18H28N2O. The van der Waals surface area contributed by atoms with Crippen molar-refractivity contribution in [2.45, 2.75) is 46.5 Å². The third-order valence-corrected chi connectivity index (χ3v) is 4.72.